The van der Waals surface area contributed by atoms with E-state index >= 15 is 0 Å². The number of rotatable bonds is 6. The molecule has 0 bridgehead atoms. The maximum absolute atomic E-state index is 13.9. The van der Waals surface area contributed by atoms with Crippen molar-refractivity contribution < 1.29 is 23.5 Å². The Bertz CT molecular complexity index is 793. The zero-order valence-electron chi connectivity index (χ0n) is 14.2. The fraction of sp³-hybridized carbons (Fsp3) is 0.222. The molecule has 132 valence electrons. The lowest BCUT2D eigenvalue weighted by Gasteiger charge is -2.12. The number of carbonyl (C=O) groups excluding carboxylic acids is 2. The lowest BCUT2D eigenvalue weighted by molar-refractivity contribution is -0.114. The molecule has 0 atom stereocenters. The van der Waals surface area contributed by atoms with Gasteiger partial charge in [-0.3, -0.25) is 9.59 Å². The number of hydrogen-bond acceptors (Lipinski definition) is 4. The first-order valence-electron chi connectivity index (χ1n) is 7.64. The van der Waals surface area contributed by atoms with Gasteiger partial charge in [-0.2, -0.15) is 0 Å². The molecule has 7 heteroatoms. The summed E-state index contributed by atoms with van der Waals surface area (Å²) in [5.74, 6) is -0.494. The molecule has 0 aliphatic carbocycles. The number of amides is 2. The van der Waals surface area contributed by atoms with E-state index in [1.807, 2.05) is 6.92 Å². The molecule has 2 aromatic carbocycles. The highest BCUT2D eigenvalue weighted by Gasteiger charge is 2.14. The summed E-state index contributed by atoms with van der Waals surface area (Å²) in [4.78, 5) is 23.5. The van der Waals surface area contributed by atoms with Gasteiger partial charge in [-0.25, -0.2) is 4.39 Å². The Kier molecular flexibility index (Phi) is 5.94. The summed E-state index contributed by atoms with van der Waals surface area (Å²) in [6.07, 6.45) is 0. The lowest BCUT2D eigenvalue weighted by Crippen LogP contribution is -2.14. The molecule has 0 radical (unpaired) electrons. The second-order valence-corrected chi connectivity index (χ2v) is 5.13. The van der Waals surface area contributed by atoms with Gasteiger partial charge in [-0.1, -0.05) is 0 Å². The third kappa shape index (κ3) is 4.69. The quantitative estimate of drug-likeness (QED) is 0.840. The highest BCUT2D eigenvalue weighted by atomic mass is 19.1. The summed E-state index contributed by atoms with van der Waals surface area (Å²) in [5, 5.41) is 5.02. The molecule has 2 aromatic rings. The minimum atomic E-state index is -0.610. The second kappa shape index (κ2) is 8.14. The molecule has 0 saturated heterocycles. The van der Waals surface area contributed by atoms with Crippen molar-refractivity contribution in [3.63, 3.8) is 0 Å². The SMILES string of the molecule is CCOc1cc(C(=O)Nc2cc(NC(C)=O)ccc2F)ccc1OC. The van der Waals surface area contributed by atoms with Gasteiger partial charge in [0.05, 0.1) is 19.4 Å². The molecule has 0 aromatic heterocycles. The molecule has 2 amide bonds. The molecule has 0 heterocycles. The molecule has 25 heavy (non-hydrogen) atoms. The van der Waals surface area contributed by atoms with Gasteiger partial charge in [-0.15, -0.1) is 0 Å². The van der Waals surface area contributed by atoms with Gasteiger partial charge in [-0.05, 0) is 43.3 Å². The molecular weight excluding hydrogens is 327 g/mol. The third-order valence-electron chi connectivity index (χ3n) is 3.26. The first kappa shape index (κ1) is 18.3. The van der Waals surface area contributed by atoms with Gasteiger partial charge in [0.15, 0.2) is 11.5 Å². The van der Waals surface area contributed by atoms with Gasteiger partial charge in [0.1, 0.15) is 5.82 Å². The number of anilines is 2. The van der Waals surface area contributed by atoms with Crippen LogP contribution in [0.5, 0.6) is 11.5 Å². The summed E-state index contributed by atoms with van der Waals surface area (Å²) in [5.41, 5.74) is 0.632. The summed E-state index contributed by atoms with van der Waals surface area (Å²) < 4.78 is 24.5. The molecule has 0 saturated carbocycles. The summed E-state index contributed by atoms with van der Waals surface area (Å²) in [6, 6.07) is 8.60. The Balaban J connectivity index is 2.24. The average molecular weight is 346 g/mol. The minimum Gasteiger partial charge on any atom is -0.493 e. The van der Waals surface area contributed by atoms with Crippen molar-refractivity contribution >= 4 is 23.2 Å². The smallest absolute Gasteiger partial charge is 0.255 e. The number of hydrogen-bond donors (Lipinski definition) is 2. The van der Waals surface area contributed by atoms with Crippen LogP contribution in [0.15, 0.2) is 36.4 Å². The van der Waals surface area contributed by atoms with Gasteiger partial charge in [0.25, 0.3) is 5.91 Å². The topological polar surface area (TPSA) is 76.7 Å². The van der Waals surface area contributed by atoms with Crippen molar-refractivity contribution in [2.45, 2.75) is 13.8 Å². The van der Waals surface area contributed by atoms with E-state index in [1.165, 1.54) is 38.3 Å². The number of benzene rings is 2. The Morgan fingerprint density at radius 3 is 2.48 bits per heavy atom. The number of carbonyl (C=O) groups is 2. The fourth-order valence-corrected chi connectivity index (χ4v) is 2.18. The van der Waals surface area contributed by atoms with Crippen LogP contribution in [0.25, 0.3) is 0 Å². The highest BCUT2D eigenvalue weighted by molar-refractivity contribution is 6.05. The molecule has 0 fully saturated rings. The fourth-order valence-electron chi connectivity index (χ4n) is 2.18. The van der Waals surface area contributed by atoms with Crippen molar-refractivity contribution in [1.82, 2.24) is 0 Å². The molecule has 0 spiro atoms. The van der Waals surface area contributed by atoms with Gasteiger partial charge >= 0.3 is 0 Å². The van der Waals surface area contributed by atoms with Crippen molar-refractivity contribution in [3.8, 4) is 11.5 Å². The minimum absolute atomic E-state index is 0.0370. The van der Waals surface area contributed by atoms with Crippen molar-refractivity contribution in [3.05, 3.63) is 47.8 Å². The van der Waals surface area contributed by atoms with Gasteiger partial charge in [0, 0.05) is 18.2 Å². The summed E-state index contributed by atoms with van der Waals surface area (Å²) in [6.45, 7) is 3.57. The standard InChI is InChI=1S/C18H19FN2O4/c1-4-25-17-9-12(5-8-16(17)24-3)18(23)21-15-10-13(20-11(2)22)6-7-14(15)19/h5-10H,4H2,1-3H3,(H,20,22)(H,21,23). The van der Waals surface area contributed by atoms with E-state index in [-0.39, 0.29) is 17.2 Å². The summed E-state index contributed by atoms with van der Waals surface area (Å²) in [7, 11) is 1.50. The van der Waals surface area contributed by atoms with Crippen LogP contribution in [0.1, 0.15) is 24.2 Å². The maximum atomic E-state index is 13.9. The Morgan fingerprint density at radius 2 is 1.84 bits per heavy atom. The van der Waals surface area contributed by atoms with Gasteiger partial charge in [0.2, 0.25) is 5.91 Å². The molecule has 2 N–H and O–H groups in total. The average Bonchev–Trinajstić information content (AvgIpc) is 2.57. The predicted molar refractivity (Wildman–Crippen MR) is 92.8 cm³/mol. The molecule has 0 aliphatic rings. The van der Waals surface area contributed by atoms with E-state index in [2.05, 4.69) is 10.6 Å². The van der Waals surface area contributed by atoms with E-state index in [9.17, 15) is 14.0 Å². The lowest BCUT2D eigenvalue weighted by atomic mass is 10.1. The second-order valence-electron chi connectivity index (χ2n) is 5.13. The highest BCUT2D eigenvalue weighted by Crippen LogP contribution is 2.28. The largest absolute Gasteiger partial charge is 0.493 e. The van der Waals surface area contributed by atoms with Crippen LogP contribution in [0.4, 0.5) is 15.8 Å². The van der Waals surface area contributed by atoms with Crippen LogP contribution < -0.4 is 20.1 Å². The van der Waals surface area contributed by atoms with Crippen LogP contribution in [0, 0.1) is 5.82 Å². The van der Waals surface area contributed by atoms with Crippen molar-refractivity contribution in [2.75, 3.05) is 24.4 Å². The predicted octanol–water partition coefficient (Wildman–Crippen LogP) is 3.44. The number of ether oxygens (including phenoxy) is 2. The van der Waals surface area contributed by atoms with E-state index < -0.39 is 11.7 Å². The Labute approximate surface area is 144 Å². The zero-order chi connectivity index (χ0) is 18.4. The van der Waals surface area contributed by atoms with Crippen LogP contribution in [0.2, 0.25) is 0 Å². The molecule has 2 rings (SSSR count). The van der Waals surface area contributed by atoms with E-state index in [1.54, 1.807) is 12.1 Å². The number of nitrogens with one attached hydrogen (secondary N) is 2. The van der Waals surface area contributed by atoms with Gasteiger partial charge < -0.3 is 20.1 Å². The molecule has 0 aliphatic heterocycles. The van der Waals surface area contributed by atoms with Crippen molar-refractivity contribution in [2.24, 2.45) is 0 Å². The van der Waals surface area contributed by atoms with Crippen LogP contribution in [0.3, 0.4) is 0 Å². The first-order valence-corrected chi connectivity index (χ1v) is 7.64. The van der Waals surface area contributed by atoms with E-state index in [0.717, 1.165) is 0 Å². The number of halogens is 1. The zero-order valence-corrected chi connectivity index (χ0v) is 14.2. The Morgan fingerprint density at radius 1 is 1.08 bits per heavy atom. The monoisotopic (exact) mass is 346 g/mol. The Hall–Kier alpha value is -3.09. The molecular formula is C18H19FN2O4. The maximum Gasteiger partial charge on any atom is 0.255 e. The van der Waals surface area contributed by atoms with Crippen LogP contribution in [-0.4, -0.2) is 25.5 Å². The molecule has 0 unspecified atom stereocenters. The van der Waals surface area contributed by atoms with Crippen molar-refractivity contribution in [1.29, 1.82) is 0 Å². The normalized spacial score (nSPS) is 10.1. The summed E-state index contributed by atoms with van der Waals surface area (Å²) >= 11 is 0. The molecule has 6 nitrogen and oxygen atoms in total. The number of methoxy groups -OCH3 is 1. The van der Waals surface area contributed by atoms with Crippen LogP contribution in [-0.2, 0) is 4.79 Å². The third-order valence-corrected chi connectivity index (χ3v) is 3.26. The van der Waals surface area contributed by atoms with E-state index in [0.29, 0.717) is 23.8 Å². The first-order chi connectivity index (χ1) is 11.9. The van der Waals surface area contributed by atoms with E-state index in [4.69, 9.17) is 9.47 Å². The van der Waals surface area contributed by atoms with Crippen LogP contribution >= 0.6 is 0 Å².